The van der Waals surface area contributed by atoms with Crippen LogP contribution in [-0.4, -0.2) is 87.8 Å². The van der Waals surface area contributed by atoms with E-state index in [1.807, 2.05) is 0 Å². The van der Waals surface area contributed by atoms with Crippen LogP contribution in [0, 0.1) is 0 Å². The van der Waals surface area contributed by atoms with Gasteiger partial charge in [-0.15, -0.1) is 0 Å². The van der Waals surface area contributed by atoms with E-state index in [-0.39, 0.29) is 17.7 Å². The minimum Gasteiger partial charge on any atom is -0.453 e. The molecule has 1 aliphatic rings. The Hall–Kier alpha value is -3.15. The number of imide groups is 1. The van der Waals surface area contributed by atoms with Crippen molar-refractivity contribution in [2.24, 2.45) is 0 Å². The van der Waals surface area contributed by atoms with Gasteiger partial charge >= 0.3 is 12.2 Å². The molecule has 0 fully saturated rings. The van der Waals surface area contributed by atoms with Gasteiger partial charge in [-0.2, -0.15) is 0 Å². The maximum Gasteiger partial charge on any atom is 0.407 e. The number of hydrogen-bond donors (Lipinski definition) is 4. The molecule has 0 aromatic heterocycles. The van der Waals surface area contributed by atoms with Gasteiger partial charge in [0.1, 0.15) is 6.04 Å². The summed E-state index contributed by atoms with van der Waals surface area (Å²) in [6.45, 7) is 2.13. The number of methoxy groups -OCH3 is 2. The summed E-state index contributed by atoms with van der Waals surface area (Å²) in [7, 11) is 2.49. The van der Waals surface area contributed by atoms with E-state index in [0.29, 0.717) is 58.4 Å². The fourth-order valence-corrected chi connectivity index (χ4v) is 2.74. The standard InChI is InChI=1S/C19H31N5O7/c1-30-18(28)22-10-4-3-6-14(23-19(29)31-2)17(27)21-12-11-20-9-5-13-24-15(25)7-8-16(24)26/h7-8,14,20H,3-6,9-13H2,1-2H3,(H,21,27)(H,22,28)(H,23,29). The molecule has 4 N–H and O–H groups in total. The van der Waals surface area contributed by atoms with E-state index < -0.39 is 18.2 Å². The zero-order valence-corrected chi connectivity index (χ0v) is 17.9. The summed E-state index contributed by atoms with van der Waals surface area (Å²) in [5.74, 6) is -0.947. The van der Waals surface area contributed by atoms with E-state index in [9.17, 15) is 24.0 Å². The van der Waals surface area contributed by atoms with Crippen molar-refractivity contribution in [3.8, 4) is 0 Å². The van der Waals surface area contributed by atoms with Crippen molar-refractivity contribution < 1.29 is 33.4 Å². The summed E-state index contributed by atoms with van der Waals surface area (Å²) < 4.78 is 9.03. The van der Waals surface area contributed by atoms with E-state index >= 15 is 0 Å². The topological polar surface area (TPSA) is 155 Å². The molecule has 174 valence electrons. The number of amides is 5. The molecule has 1 unspecified atom stereocenters. The highest BCUT2D eigenvalue weighted by atomic mass is 16.5. The van der Waals surface area contributed by atoms with Crippen LogP contribution in [0.5, 0.6) is 0 Å². The highest BCUT2D eigenvalue weighted by Crippen LogP contribution is 2.04. The first-order chi connectivity index (χ1) is 14.9. The third-order valence-corrected chi connectivity index (χ3v) is 4.41. The van der Waals surface area contributed by atoms with Crippen molar-refractivity contribution in [3.63, 3.8) is 0 Å². The molecule has 1 rings (SSSR count). The van der Waals surface area contributed by atoms with Crippen LogP contribution in [0.1, 0.15) is 25.7 Å². The molecule has 5 amide bonds. The predicted octanol–water partition coefficient (Wildman–Crippen LogP) is -0.742. The molecule has 1 heterocycles. The van der Waals surface area contributed by atoms with Gasteiger partial charge in [0.2, 0.25) is 5.91 Å². The average Bonchev–Trinajstić information content (AvgIpc) is 3.08. The Balaban J connectivity index is 2.21. The second kappa shape index (κ2) is 14.8. The Bertz CT molecular complexity index is 650. The molecule has 0 bridgehead atoms. The van der Waals surface area contributed by atoms with E-state index in [0.717, 1.165) is 0 Å². The van der Waals surface area contributed by atoms with Crippen LogP contribution in [0.4, 0.5) is 9.59 Å². The number of rotatable bonds is 14. The highest BCUT2D eigenvalue weighted by Gasteiger charge is 2.22. The number of ether oxygens (including phenoxy) is 2. The lowest BCUT2D eigenvalue weighted by atomic mass is 10.1. The van der Waals surface area contributed by atoms with Crippen molar-refractivity contribution in [3.05, 3.63) is 12.2 Å². The molecule has 0 aromatic rings. The molecular formula is C19H31N5O7. The molecule has 0 aliphatic carbocycles. The van der Waals surface area contributed by atoms with Crippen LogP contribution in [0.25, 0.3) is 0 Å². The van der Waals surface area contributed by atoms with Gasteiger partial charge < -0.3 is 30.7 Å². The van der Waals surface area contributed by atoms with Gasteiger partial charge in [0.15, 0.2) is 0 Å². The second-order valence-electron chi connectivity index (χ2n) is 6.66. The summed E-state index contributed by atoms with van der Waals surface area (Å²) in [5.41, 5.74) is 0. The fourth-order valence-electron chi connectivity index (χ4n) is 2.74. The molecule has 12 heteroatoms. The van der Waals surface area contributed by atoms with Gasteiger partial charge in [0, 0.05) is 38.3 Å². The maximum absolute atomic E-state index is 12.4. The van der Waals surface area contributed by atoms with Gasteiger partial charge in [-0.25, -0.2) is 9.59 Å². The summed E-state index contributed by atoms with van der Waals surface area (Å²) in [5, 5.41) is 10.9. The largest absolute Gasteiger partial charge is 0.453 e. The number of carbonyl (C=O) groups is 5. The van der Waals surface area contributed by atoms with Crippen LogP contribution >= 0.6 is 0 Å². The lowest BCUT2D eigenvalue weighted by Crippen LogP contribution is -2.48. The van der Waals surface area contributed by atoms with Crippen LogP contribution < -0.4 is 21.3 Å². The number of nitrogens with zero attached hydrogens (tertiary/aromatic N) is 1. The van der Waals surface area contributed by atoms with Crippen LogP contribution in [0.3, 0.4) is 0 Å². The third-order valence-electron chi connectivity index (χ3n) is 4.41. The first kappa shape index (κ1) is 25.9. The van der Waals surface area contributed by atoms with Crippen molar-refractivity contribution in [1.82, 2.24) is 26.2 Å². The Morgan fingerprint density at radius 2 is 1.55 bits per heavy atom. The number of alkyl carbamates (subject to hydrolysis) is 2. The Morgan fingerprint density at radius 3 is 2.19 bits per heavy atom. The van der Waals surface area contributed by atoms with Crippen LogP contribution in [0.2, 0.25) is 0 Å². The van der Waals surface area contributed by atoms with Crippen molar-refractivity contribution in [2.45, 2.75) is 31.7 Å². The Morgan fingerprint density at radius 1 is 0.871 bits per heavy atom. The van der Waals surface area contributed by atoms with Gasteiger partial charge in [-0.05, 0) is 32.2 Å². The van der Waals surface area contributed by atoms with Crippen LogP contribution in [-0.2, 0) is 23.9 Å². The van der Waals surface area contributed by atoms with Gasteiger partial charge in [-0.1, -0.05) is 0 Å². The number of hydrogen-bond acceptors (Lipinski definition) is 8. The minimum absolute atomic E-state index is 0.303. The lowest BCUT2D eigenvalue weighted by Gasteiger charge is -2.18. The molecule has 1 atom stereocenters. The molecule has 0 spiro atoms. The van der Waals surface area contributed by atoms with Crippen molar-refractivity contribution in [2.75, 3.05) is 46.9 Å². The molecule has 0 aromatic carbocycles. The Labute approximate surface area is 181 Å². The summed E-state index contributed by atoms with van der Waals surface area (Å²) >= 11 is 0. The molecule has 0 radical (unpaired) electrons. The number of unbranched alkanes of at least 4 members (excludes halogenated alkanes) is 1. The highest BCUT2D eigenvalue weighted by molar-refractivity contribution is 6.12. The van der Waals surface area contributed by atoms with Crippen molar-refractivity contribution in [1.29, 1.82) is 0 Å². The predicted molar refractivity (Wildman–Crippen MR) is 110 cm³/mol. The second-order valence-corrected chi connectivity index (χ2v) is 6.66. The fraction of sp³-hybridized carbons (Fsp3) is 0.632. The first-order valence-electron chi connectivity index (χ1n) is 10.1. The lowest BCUT2D eigenvalue weighted by molar-refractivity contribution is -0.136. The molecule has 0 saturated heterocycles. The molecule has 1 aliphatic heterocycles. The molecule has 31 heavy (non-hydrogen) atoms. The van der Waals surface area contributed by atoms with Gasteiger partial charge in [-0.3, -0.25) is 19.3 Å². The monoisotopic (exact) mass is 441 g/mol. The molecular weight excluding hydrogens is 410 g/mol. The molecule has 12 nitrogen and oxygen atoms in total. The molecule has 0 saturated carbocycles. The minimum atomic E-state index is -0.759. The number of nitrogens with one attached hydrogen (secondary N) is 4. The zero-order valence-electron chi connectivity index (χ0n) is 17.9. The Kier molecular flexibility index (Phi) is 12.3. The average molecular weight is 441 g/mol. The van der Waals surface area contributed by atoms with Gasteiger partial charge in [0.05, 0.1) is 14.2 Å². The quantitative estimate of drug-likeness (QED) is 0.203. The third kappa shape index (κ3) is 10.4. The summed E-state index contributed by atoms with van der Waals surface area (Å²) in [4.78, 5) is 58.9. The summed E-state index contributed by atoms with van der Waals surface area (Å²) in [6, 6.07) is -0.759. The summed E-state index contributed by atoms with van der Waals surface area (Å²) in [6.07, 6.45) is 3.45. The van der Waals surface area contributed by atoms with Crippen molar-refractivity contribution >= 4 is 29.9 Å². The van der Waals surface area contributed by atoms with E-state index in [1.54, 1.807) is 0 Å². The SMILES string of the molecule is COC(=O)NCCCCC(NC(=O)OC)C(=O)NCCNCCCN1C(=O)C=CC1=O. The van der Waals surface area contributed by atoms with Crippen LogP contribution in [0.15, 0.2) is 12.2 Å². The zero-order chi connectivity index (χ0) is 23.1. The first-order valence-corrected chi connectivity index (χ1v) is 10.1. The van der Waals surface area contributed by atoms with E-state index in [1.165, 1.54) is 31.3 Å². The van der Waals surface area contributed by atoms with Gasteiger partial charge in [0.25, 0.3) is 11.8 Å². The normalized spacial score (nSPS) is 13.7. The van der Waals surface area contributed by atoms with E-state index in [4.69, 9.17) is 0 Å². The number of carbonyl (C=O) groups excluding carboxylic acids is 5. The maximum atomic E-state index is 12.4. The van der Waals surface area contributed by atoms with E-state index in [2.05, 4.69) is 30.7 Å². The smallest absolute Gasteiger partial charge is 0.407 e.